The first-order valence-electron chi connectivity index (χ1n) is 4.68. The number of benzene rings is 1. The summed E-state index contributed by atoms with van der Waals surface area (Å²) in [6, 6.07) is 6.65. The lowest BCUT2D eigenvalue weighted by Crippen LogP contribution is -2.12. The third-order valence-electron chi connectivity index (χ3n) is 1.87. The van der Waals surface area contributed by atoms with E-state index in [0.717, 1.165) is 0 Å². The molecule has 1 rings (SSSR count). The van der Waals surface area contributed by atoms with Crippen molar-refractivity contribution >= 4 is 17.4 Å². The number of esters is 1. The topological polar surface area (TPSA) is 69.4 Å². The number of carbonyl (C=O) groups is 2. The van der Waals surface area contributed by atoms with E-state index in [1.807, 2.05) is 0 Å². The molecule has 0 unspecified atom stereocenters. The molecule has 0 aliphatic heterocycles. The van der Waals surface area contributed by atoms with Gasteiger partial charge < -0.3 is 10.5 Å². The van der Waals surface area contributed by atoms with E-state index in [4.69, 9.17) is 5.73 Å². The highest BCUT2D eigenvalue weighted by atomic mass is 16.5. The molecule has 0 aliphatic rings. The van der Waals surface area contributed by atoms with Crippen molar-refractivity contribution in [2.45, 2.75) is 13.3 Å². The molecular weight excluding hydrogens is 194 g/mol. The molecule has 80 valence electrons. The van der Waals surface area contributed by atoms with Crippen molar-refractivity contribution in [3.8, 4) is 0 Å². The molecule has 0 fully saturated rings. The van der Waals surface area contributed by atoms with Crippen LogP contribution in [0, 0.1) is 0 Å². The molecule has 0 atom stereocenters. The van der Waals surface area contributed by atoms with Crippen LogP contribution in [0.25, 0.3) is 0 Å². The zero-order chi connectivity index (χ0) is 11.3. The van der Waals surface area contributed by atoms with E-state index in [0.29, 0.717) is 11.3 Å². The summed E-state index contributed by atoms with van der Waals surface area (Å²) in [4.78, 5) is 22.6. The number of nitrogen functional groups attached to an aromatic ring is 1. The van der Waals surface area contributed by atoms with Crippen molar-refractivity contribution in [2.75, 3.05) is 12.3 Å². The van der Waals surface area contributed by atoms with E-state index < -0.39 is 5.97 Å². The first kappa shape index (κ1) is 11.2. The van der Waals surface area contributed by atoms with Crippen molar-refractivity contribution in [1.29, 1.82) is 0 Å². The van der Waals surface area contributed by atoms with E-state index in [1.54, 1.807) is 31.2 Å². The molecule has 0 saturated heterocycles. The SMILES string of the molecule is CCOC(=O)CC(=O)c1ccccc1N. The van der Waals surface area contributed by atoms with Gasteiger partial charge in [-0.2, -0.15) is 0 Å². The van der Waals surface area contributed by atoms with Crippen LogP contribution in [0.5, 0.6) is 0 Å². The predicted molar refractivity (Wildman–Crippen MR) is 56.4 cm³/mol. The van der Waals surface area contributed by atoms with Crippen LogP contribution >= 0.6 is 0 Å². The largest absolute Gasteiger partial charge is 0.466 e. The number of anilines is 1. The summed E-state index contributed by atoms with van der Waals surface area (Å²) in [5, 5.41) is 0. The smallest absolute Gasteiger partial charge is 0.313 e. The Kier molecular flexibility index (Phi) is 3.85. The molecule has 0 aromatic heterocycles. The summed E-state index contributed by atoms with van der Waals surface area (Å²) >= 11 is 0. The standard InChI is InChI=1S/C11H13NO3/c1-2-15-11(14)7-10(13)8-5-3-4-6-9(8)12/h3-6H,2,7,12H2,1H3. The Labute approximate surface area is 88.0 Å². The Bertz CT molecular complexity index is 374. The van der Waals surface area contributed by atoms with Crippen molar-refractivity contribution in [3.05, 3.63) is 29.8 Å². The highest BCUT2D eigenvalue weighted by molar-refractivity contribution is 6.08. The quantitative estimate of drug-likeness (QED) is 0.350. The highest BCUT2D eigenvalue weighted by Gasteiger charge is 2.14. The zero-order valence-electron chi connectivity index (χ0n) is 8.53. The van der Waals surface area contributed by atoms with Crippen molar-refractivity contribution < 1.29 is 14.3 Å². The average molecular weight is 207 g/mol. The van der Waals surface area contributed by atoms with Gasteiger partial charge in [0, 0.05) is 11.3 Å². The van der Waals surface area contributed by atoms with Crippen LogP contribution in [-0.2, 0) is 9.53 Å². The maximum atomic E-state index is 11.6. The second-order valence-electron chi connectivity index (χ2n) is 2.99. The van der Waals surface area contributed by atoms with Crippen LogP contribution in [0.4, 0.5) is 5.69 Å². The maximum absolute atomic E-state index is 11.6. The van der Waals surface area contributed by atoms with Gasteiger partial charge in [-0.3, -0.25) is 9.59 Å². The number of carbonyl (C=O) groups excluding carboxylic acids is 2. The second-order valence-corrected chi connectivity index (χ2v) is 2.99. The van der Waals surface area contributed by atoms with Crippen molar-refractivity contribution in [2.24, 2.45) is 0 Å². The fourth-order valence-electron chi connectivity index (χ4n) is 1.19. The van der Waals surface area contributed by atoms with Gasteiger partial charge in [-0.1, -0.05) is 12.1 Å². The lowest BCUT2D eigenvalue weighted by Gasteiger charge is -2.03. The molecule has 0 radical (unpaired) electrons. The van der Waals surface area contributed by atoms with Gasteiger partial charge in [-0.25, -0.2) is 0 Å². The van der Waals surface area contributed by atoms with Gasteiger partial charge in [0.25, 0.3) is 0 Å². The molecule has 0 heterocycles. The molecule has 15 heavy (non-hydrogen) atoms. The van der Waals surface area contributed by atoms with E-state index in [1.165, 1.54) is 0 Å². The van der Waals surface area contributed by atoms with Crippen LogP contribution in [0.3, 0.4) is 0 Å². The summed E-state index contributed by atoms with van der Waals surface area (Å²) in [7, 11) is 0. The molecule has 1 aromatic rings. The zero-order valence-corrected chi connectivity index (χ0v) is 8.53. The number of hydrogen-bond donors (Lipinski definition) is 1. The summed E-state index contributed by atoms with van der Waals surface area (Å²) in [5.74, 6) is -0.836. The fourth-order valence-corrected chi connectivity index (χ4v) is 1.19. The van der Waals surface area contributed by atoms with Crippen LogP contribution in [0.1, 0.15) is 23.7 Å². The minimum absolute atomic E-state index is 0.262. The van der Waals surface area contributed by atoms with Crippen molar-refractivity contribution in [3.63, 3.8) is 0 Å². The lowest BCUT2D eigenvalue weighted by atomic mass is 10.1. The predicted octanol–water partition coefficient (Wildman–Crippen LogP) is 1.40. The Morgan fingerprint density at radius 3 is 2.60 bits per heavy atom. The highest BCUT2D eigenvalue weighted by Crippen LogP contribution is 2.13. The Hall–Kier alpha value is -1.84. The molecule has 0 bridgehead atoms. The molecule has 0 aliphatic carbocycles. The Balaban J connectivity index is 2.70. The van der Waals surface area contributed by atoms with E-state index in [-0.39, 0.29) is 18.8 Å². The summed E-state index contributed by atoms with van der Waals surface area (Å²) in [6.07, 6.45) is -0.262. The molecule has 1 aromatic carbocycles. The number of rotatable bonds is 4. The number of hydrogen-bond acceptors (Lipinski definition) is 4. The lowest BCUT2D eigenvalue weighted by molar-refractivity contribution is -0.141. The fraction of sp³-hybridized carbons (Fsp3) is 0.273. The van der Waals surface area contributed by atoms with Gasteiger partial charge >= 0.3 is 5.97 Å². The van der Waals surface area contributed by atoms with Crippen LogP contribution in [-0.4, -0.2) is 18.4 Å². The van der Waals surface area contributed by atoms with Gasteiger partial charge in [0.1, 0.15) is 6.42 Å². The third-order valence-corrected chi connectivity index (χ3v) is 1.87. The van der Waals surface area contributed by atoms with E-state index in [2.05, 4.69) is 4.74 Å². The number of nitrogens with two attached hydrogens (primary N) is 1. The number of ether oxygens (including phenoxy) is 1. The number of Topliss-reactive ketones (excluding diaryl/α,β-unsaturated/α-hetero) is 1. The minimum Gasteiger partial charge on any atom is -0.466 e. The van der Waals surface area contributed by atoms with Crippen molar-refractivity contribution in [1.82, 2.24) is 0 Å². The molecule has 0 saturated carbocycles. The molecule has 2 N–H and O–H groups in total. The summed E-state index contributed by atoms with van der Waals surface area (Å²) in [5.41, 5.74) is 6.35. The maximum Gasteiger partial charge on any atom is 0.313 e. The van der Waals surface area contributed by atoms with Gasteiger partial charge in [0.05, 0.1) is 6.61 Å². The molecule has 4 nitrogen and oxygen atoms in total. The molecule has 0 spiro atoms. The van der Waals surface area contributed by atoms with Gasteiger partial charge in [-0.05, 0) is 19.1 Å². The van der Waals surface area contributed by atoms with Gasteiger partial charge in [0.2, 0.25) is 0 Å². The first-order chi connectivity index (χ1) is 7.15. The van der Waals surface area contributed by atoms with Crippen LogP contribution in [0.2, 0.25) is 0 Å². The summed E-state index contributed by atoms with van der Waals surface area (Å²) in [6.45, 7) is 1.97. The van der Waals surface area contributed by atoms with Gasteiger partial charge in [-0.15, -0.1) is 0 Å². The molecule has 4 heteroatoms. The normalized spacial score (nSPS) is 9.67. The first-order valence-corrected chi connectivity index (χ1v) is 4.68. The van der Waals surface area contributed by atoms with Crippen LogP contribution < -0.4 is 5.73 Å². The Morgan fingerprint density at radius 2 is 2.00 bits per heavy atom. The molecular formula is C11H13NO3. The number of para-hydroxylation sites is 1. The van der Waals surface area contributed by atoms with E-state index >= 15 is 0 Å². The third kappa shape index (κ3) is 3.09. The summed E-state index contributed by atoms with van der Waals surface area (Å²) < 4.78 is 4.67. The second kappa shape index (κ2) is 5.14. The molecule has 0 amide bonds. The van der Waals surface area contributed by atoms with Gasteiger partial charge in [0.15, 0.2) is 5.78 Å². The minimum atomic E-state index is -0.522. The monoisotopic (exact) mass is 207 g/mol. The number of ketones is 1. The van der Waals surface area contributed by atoms with Crippen LogP contribution in [0.15, 0.2) is 24.3 Å². The Morgan fingerprint density at radius 1 is 1.33 bits per heavy atom. The van der Waals surface area contributed by atoms with E-state index in [9.17, 15) is 9.59 Å². The average Bonchev–Trinajstić information content (AvgIpc) is 2.18.